The number of nitrogens with zero attached hydrogens (tertiary/aromatic N) is 3. The first-order chi connectivity index (χ1) is 15.0. The zero-order valence-electron chi connectivity index (χ0n) is 19.2. The molecule has 1 N–H and O–H groups in total. The number of hydrogen-bond acceptors (Lipinski definition) is 6. The molecule has 0 aliphatic carbocycles. The molecule has 1 aromatic carbocycles. The van der Waals surface area contributed by atoms with Gasteiger partial charge in [0.2, 0.25) is 12.2 Å². The molecule has 0 bridgehead atoms. The van der Waals surface area contributed by atoms with Crippen molar-refractivity contribution in [2.45, 2.75) is 39.8 Å². The van der Waals surface area contributed by atoms with Crippen LogP contribution in [0.1, 0.15) is 39.8 Å². The number of fused-ring (bicyclic) bond motifs is 3. The highest BCUT2D eigenvalue weighted by atomic mass is 16.6. The molecule has 3 rings (SSSR count). The van der Waals surface area contributed by atoms with E-state index in [0.717, 1.165) is 35.1 Å². The molecule has 1 amide bonds. The number of para-hydroxylation sites is 2. The topological polar surface area (TPSA) is 77.9 Å². The van der Waals surface area contributed by atoms with Crippen molar-refractivity contribution in [2.75, 3.05) is 45.8 Å². The van der Waals surface area contributed by atoms with Crippen LogP contribution in [0.2, 0.25) is 0 Å². The third kappa shape index (κ3) is 4.85. The van der Waals surface area contributed by atoms with Gasteiger partial charge in [-0.3, -0.25) is 4.57 Å². The fourth-order valence-corrected chi connectivity index (χ4v) is 3.86. The summed E-state index contributed by atoms with van der Waals surface area (Å²) in [6.45, 7) is 8.16. The highest BCUT2D eigenvalue weighted by molar-refractivity contribution is 5.80. The number of benzene rings is 1. The summed E-state index contributed by atoms with van der Waals surface area (Å²) in [6, 6.07) is 7.91. The molecule has 0 saturated heterocycles. The van der Waals surface area contributed by atoms with Crippen LogP contribution in [-0.2, 0) is 14.2 Å². The lowest BCUT2D eigenvalue weighted by molar-refractivity contribution is 0.0330. The van der Waals surface area contributed by atoms with E-state index in [0.29, 0.717) is 38.2 Å². The van der Waals surface area contributed by atoms with Gasteiger partial charge in [-0.1, -0.05) is 32.9 Å². The molecule has 1 unspecified atom stereocenters. The zero-order valence-corrected chi connectivity index (χ0v) is 19.2. The number of carbonyl (C=O) groups excluding carboxylic acids is 1. The van der Waals surface area contributed by atoms with E-state index in [9.17, 15) is 4.79 Å². The van der Waals surface area contributed by atoms with Crippen molar-refractivity contribution in [1.29, 1.82) is 0 Å². The average Bonchev–Trinajstić information content (AvgIpc) is 3.16. The number of carbonyl (C=O) groups is 1. The van der Waals surface area contributed by atoms with Gasteiger partial charge in [0.25, 0.3) is 0 Å². The minimum Gasteiger partial charge on any atom is -0.421 e. The lowest BCUT2D eigenvalue weighted by atomic mass is 9.96. The minimum atomic E-state index is -0.558. The summed E-state index contributed by atoms with van der Waals surface area (Å²) in [5.74, 6) is 0.995. The van der Waals surface area contributed by atoms with Crippen LogP contribution in [0.3, 0.4) is 0 Å². The summed E-state index contributed by atoms with van der Waals surface area (Å²) in [5, 5.41) is 3.53. The van der Waals surface area contributed by atoms with Crippen LogP contribution in [0.4, 0.5) is 10.7 Å². The van der Waals surface area contributed by atoms with Crippen molar-refractivity contribution in [2.24, 2.45) is 5.92 Å². The number of methoxy groups -OCH3 is 2. The summed E-state index contributed by atoms with van der Waals surface area (Å²) < 4.78 is 18.5. The Morgan fingerprint density at radius 3 is 2.48 bits per heavy atom. The number of rotatable bonds is 10. The van der Waals surface area contributed by atoms with Crippen molar-refractivity contribution in [3.8, 4) is 0 Å². The molecule has 0 fully saturated rings. The van der Waals surface area contributed by atoms with E-state index in [1.807, 2.05) is 28.8 Å². The van der Waals surface area contributed by atoms with Gasteiger partial charge in [0, 0.05) is 38.6 Å². The smallest absolute Gasteiger partial charge is 0.412 e. The fraction of sp³-hybridized carbons (Fsp3) is 0.565. The number of allylic oxidation sites excluding steroid dienone is 1. The van der Waals surface area contributed by atoms with E-state index in [4.69, 9.17) is 19.2 Å². The van der Waals surface area contributed by atoms with Crippen molar-refractivity contribution in [3.05, 3.63) is 35.5 Å². The van der Waals surface area contributed by atoms with Crippen molar-refractivity contribution in [3.63, 3.8) is 0 Å². The lowest BCUT2D eigenvalue weighted by Crippen LogP contribution is -2.39. The number of ether oxygens (including phenoxy) is 3. The Morgan fingerprint density at radius 1 is 1.19 bits per heavy atom. The van der Waals surface area contributed by atoms with E-state index in [-0.39, 0.29) is 6.09 Å². The maximum absolute atomic E-state index is 13.2. The number of nitrogens with one attached hydrogen (secondary N) is 1. The molecule has 1 aliphatic heterocycles. The molecule has 0 saturated carbocycles. The van der Waals surface area contributed by atoms with Gasteiger partial charge in [-0.15, -0.1) is 0 Å². The zero-order chi connectivity index (χ0) is 22.4. The van der Waals surface area contributed by atoms with Gasteiger partial charge >= 0.3 is 6.09 Å². The third-order valence-electron chi connectivity index (χ3n) is 5.81. The SMILES string of the molecule is CCC1=C([C@@H](C)CC)Nc2nc3ccccc3n2C1OC(=O)N(CCOC)CCOC. The minimum absolute atomic E-state index is 0.294. The van der Waals surface area contributed by atoms with E-state index in [1.54, 1.807) is 19.1 Å². The largest absolute Gasteiger partial charge is 0.421 e. The first-order valence-corrected chi connectivity index (χ1v) is 11.0. The quantitative estimate of drug-likeness (QED) is 0.602. The second-order valence-electron chi connectivity index (χ2n) is 7.73. The first-order valence-electron chi connectivity index (χ1n) is 11.0. The van der Waals surface area contributed by atoms with Gasteiger partial charge in [0.15, 0.2) is 0 Å². The van der Waals surface area contributed by atoms with Crippen LogP contribution in [0.5, 0.6) is 0 Å². The standard InChI is InChI=1S/C23H34N4O4/c1-6-16(3)20-17(7-2)21(31-23(28)26(12-14-29-4)13-15-30-5)27-19-11-9-8-10-18(19)24-22(27)25-20/h8-11,16,21H,6-7,12-15H2,1-5H3,(H,24,25)/t16-,21?/m0/s1. The second-order valence-corrected chi connectivity index (χ2v) is 7.73. The van der Waals surface area contributed by atoms with Crippen molar-refractivity contribution < 1.29 is 19.0 Å². The Labute approximate surface area is 184 Å². The van der Waals surface area contributed by atoms with Crippen LogP contribution in [0.25, 0.3) is 11.0 Å². The number of hydrogen-bond donors (Lipinski definition) is 1. The molecule has 0 radical (unpaired) electrons. The van der Waals surface area contributed by atoms with Gasteiger partial charge in [-0.25, -0.2) is 9.78 Å². The summed E-state index contributed by atoms with van der Waals surface area (Å²) in [6.07, 6.45) is 0.782. The van der Waals surface area contributed by atoms with Crippen LogP contribution < -0.4 is 5.32 Å². The Hall–Kier alpha value is -2.58. The molecule has 1 aromatic heterocycles. The highest BCUT2D eigenvalue weighted by Crippen LogP contribution is 2.40. The fourth-order valence-electron chi connectivity index (χ4n) is 3.86. The van der Waals surface area contributed by atoms with Crippen LogP contribution >= 0.6 is 0 Å². The predicted molar refractivity (Wildman–Crippen MR) is 121 cm³/mol. The molecule has 0 spiro atoms. The molecule has 2 heterocycles. The highest BCUT2D eigenvalue weighted by Gasteiger charge is 2.34. The molecule has 31 heavy (non-hydrogen) atoms. The summed E-state index contributed by atoms with van der Waals surface area (Å²) in [4.78, 5) is 19.6. The summed E-state index contributed by atoms with van der Waals surface area (Å²) in [7, 11) is 3.24. The molecule has 170 valence electrons. The van der Waals surface area contributed by atoms with Crippen LogP contribution in [0, 0.1) is 5.92 Å². The lowest BCUT2D eigenvalue weighted by Gasteiger charge is -2.34. The Morgan fingerprint density at radius 2 is 1.87 bits per heavy atom. The Bertz CT molecular complexity index is 915. The maximum Gasteiger partial charge on any atom is 0.412 e. The van der Waals surface area contributed by atoms with Gasteiger partial charge in [0.1, 0.15) is 0 Å². The molecular formula is C23H34N4O4. The van der Waals surface area contributed by atoms with Gasteiger partial charge < -0.3 is 24.4 Å². The molecule has 8 heteroatoms. The summed E-state index contributed by atoms with van der Waals surface area (Å²) in [5.41, 5.74) is 3.95. The summed E-state index contributed by atoms with van der Waals surface area (Å²) >= 11 is 0. The number of aromatic nitrogens is 2. The molecule has 8 nitrogen and oxygen atoms in total. The average molecular weight is 431 g/mol. The van der Waals surface area contributed by atoms with Gasteiger partial charge in [-0.05, 0) is 30.9 Å². The molecular weight excluding hydrogens is 396 g/mol. The van der Waals surface area contributed by atoms with Gasteiger partial charge in [-0.2, -0.15) is 0 Å². The van der Waals surface area contributed by atoms with Crippen LogP contribution in [0.15, 0.2) is 35.5 Å². The monoisotopic (exact) mass is 430 g/mol. The van der Waals surface area contributed by atoms with E-state index < -0.39 is 6.23 Å². The van der Waals surface area contributed by atoms with Gasteiger partial charge in [0.05, 0.1) is 24.2 Å². The molecule has 2 aromatic rings. The molecule has 1 aliphatic rings. The predicted octanol–water partition coefficient (Wildman–Crippen LogP) is 4.40. The Balaban J connectivity index is 2.01. The van der Waals surface area contributed by atoms with E-state index in [1.165, 1.54) is 0 Å². The Kier molecular flexibility index (Phi) is 7.92. The van der Waals surface area contributed by atoms with E-state index in [2.05, 4.69) is 26.1 Å². The number of imidazole rings is 1. The number of anilines is 1. The van der Waals surface area contributed by atoms with E-state index >= 15 is 0 Å². The first kappa shape index (κ1) is 23.1. The third-order valence-corrected chi connectivity index (χ3v) is 5.81. The second kappa shape index (κ2) is 10.6. The van der Waals surface area contributed by atoms with Crippen molar-refractivity contribution in [1.82, 2.24) is 14.5 Å². The molecule has 2 atom stereocenters. The number of amides is 1. The normalized spacial score (nSPS) is 16.7. The van der Waals surface area contributed by atoms with Crippen molar-refractivity contribution >= 4 is 23.1 Å². The maximum atomic E-state index is 13.2. The van der Waals surface area contributed by atoms with Crippen LogP contribution in [-0.4, -0.2) is 61.1 Å².